The molecule has 0 aromatic carbocycles. The van der Waals surface area contributed by atoms with Crippen LogP contribution in [0.4, 0.5) is 0 Å². The van der Waals surface area contributed by atoms with Crippen molar-refractivity contribution in [3.63, 3.8) is 0 Å². The van der Waals surface area contributed by atoms with Gasteiger partial charge in [0, 0.05) is 24.9 Å². The van der Waals surface area contributed by atoms with Crippen LogP contribution in [0.5, 0.6) is 0 Å². The number of nitrogens with zero attached hydrogens (tertiary/aromatic N) is 1. The summed E-state index contributed by atoms with van der Waals surface area (Å²) in [6.07, 6.45) is 5.92. The Balaban J connectivity index is 4.30. The van der Waals surface area contributed by atoms with Gasteiger partial charge in [-0.2, -0.15) is 11.8 Å². The Bertz CT molecular complexity index is 199. The van der Waals surface area contributed by atoms with E-state index in [1.807, 2.05) is 11.8 Å². The highest BCUT2D eigenvalue weighted by atomic mass is 32.2. The minimum Gasteiger partial charge on any atom is -0.316 e. The van der Waals surface area contributed by atoms with Crippen LogP contribution >= 0.6 is 11.8 Å². The maximum absolute atomic E-state index is 3.59. The Hall–Kier alpha value is 0.270. The molecule has 2 unspecified atom stereocenters. The highest BCUT2D eigenvalue weighted by molar-refractivity contribution is 7.98. The van der Waals surface area contributed by atoms with Crippen LogP contribution in [0.25, 0.3) is 0 Å². The van der Waals surface area contributed by atoms with Crippen LogP contribution in [0.3, 0.4) is 0 Å². The zero-order valence-electron chi connectivity index (χ0n) is 13.4. The molecule has 0 heterocycles. The molecular formula is C15H34N2S. The van der Waals surface area contributed by atoms with Crippen molar-refractivity contribution in [2.24, 2.45) is 5.41 Å². The van der Waals surface area contributed by atoms with E-state index in [4.69, 9.17) is 0 Å². The minimum atomic E-state index is 0.399. The van der Waals surface area contributed by atoms with Gasteiger partial charge in [0.2, 0.25) is 0 Å². The van der Waals surface area contributed by atoms with Crippen molar-refractivity contribution < 1.29 is 0 Å². The zero-order valence-corrected chi connectivity index (χ0v) is 14.2. The van der Waals surface area contributed by atoms with Gasteiger partial charge < -0.3 is 10.2 Å². The van der Waals surface area contributed by atoms with Crippen LogP contribution in [0.2, 0.25) is 0 Å². The Morgan fingerprint density at radius 1 is 1.28 bits per heavy atom. The Kier molecular flexibility index (Phi) is 10.3. The van der Waals surface area contributed by atoms with E-state index >= 15 is 0 Å². The van der Waals surface area contributed by atoms with E-state index < -0.39 is 0 Å². The van der Waals surface area contributed by atoms with Crippen molar-refractivity contribution in [2.45, 2.75) is 53.0 Å². The Labute approximate surface area is 119 Å². The molecule has 0 aliphatic heterocycles. The first kappa shape index (κ1) is 18.3. The summed E-state index contributed by atoms with van der Waals surface area (Å²) in [5.41, 5.74) is 0.399. The van der Waals surface area contributed by atoms with Gasteiger partial charge in [0.25, 0.3) is 0 Å². The fraction of sp³-hybridized carbons (Fsp3) is 1.00. The average Bonchev–Trinajstić information content (AvgIpc) is 2.36. The summed E-state index contributed by atoms with van der Waals surface area (Å²) in [5.74, 6) is 1.25. The highest BCUT2D eigenvalue weighted by Gasteiger charge is 2.26. The first-order valence-corrected chi connectivity index (χ1v) is 8.82. The van der Waals surface area contributed by atoms with Crippen LogP contribution < -0.4 is 5.32 Å². The van der Waals surface area contributed by atoms with Crippen molar-refractivity contribution in [1.82, 2.24) is 10.2 Å². The van der Waals surface area contributed by atoms with Gasteiger partial charge in [-0.25, -0.2) is 0 Å². The summed E-state index contributed by atoms with van der Waals surface area (Å²) >= 11 is 1.96. The van der Waals surface area contributed by atoms with Gasteiger partial charge in [0.05, 0.1) is 0 Å². The summed E-state index contributed by atoms with van der Waals surface area (Å²) in [6, 6.07) is 0.719. The highest BCUT2D eigenvalue weighted by Crippen LogP contribution is 2.23. The summed E-state index contributed by atoms with van der Waals surface area (Å²) in [7, 11) is 2.29. The molecule has 0 aliphatic carbocycles. The minimum absolute atomic E-state index is 0.399. The molecule has 18 heavy (non-hydrogen) atoms. The monoisotopic (exact) mass is 274 g/mol. The van der Waals surface area contributed by atoms with Crippen LogP contribution in [-0.2, 0) is 0 Å². The maximum Gasteiger partial charge on any atom is 0.0180 e. The fourth-order valence-electron chi connectivity index (χ4n) is 2.34. The second kappa shape index (κ2) is 10.1. The predicted octanol–water partition coefficient (Wildman–Crippen LogP) is 3.48. The lowest BCUT2D eigenvalue weighted by Crippen LogP contribution is -2.45. The molecule has 0 fully saturated rings. The van der Waals surface area contributed by atoms with Crippen molar-refractivity contribution in [1.29, 1.82) is 0 Å². The van der Waals surface area contributed by atoms with E-state index in [0.717, 1.165) is 19.1 Å². The van der Waals surface area contributed by atoms with Gasteiger partial charge in [-0.1, -0.05) is 27.7 Å². The lowest BCUT2D eigenvalue weighted by Gasteiger charge is -2.37. The van der Waals surface area contributed by atoms with Gasteiger partial charge in [-0.3, -0.25) is 0 Å². The molecule has 0 radical (unpaired) electrons. The molecule has 0 aromatic heterocycles. The van der Waals surface area contributed by atoms with Crippen molar-refractivity contribution in [3.05, 3.63) is 0 Å². The second-order valence-electron chi connectivity index (χ2n) is 5.77. The van der Waals surface area contributed by atoms with Gasteiger partial charge >= 0.3 is 0 Å². The molecule has 0 amide bonds. The number of rotatable bonds is 11. The Morgan fingerprint density at radius 3 is 2.39 bits per heavy atom. The number of hydrogen-bond acceptors (Lipinski definition) is 3. The first-order valence-electron chi connectivity index (χ1n) is 7.42. The molecule has 110 valence electrons. The molecule has 0 bridgehead atoms. The van der Waals surface area contributed by atoms with E-state index in [-0.39, 0.29) is 0 Å². The Morgan fingerprint density at radius 2 is 1.94 bits per heavy atom. The smallest absolute Gasteiger partial charge is 0.0180 e. The number of nitrogens with one attached hydrogen (secondary N) is 1. The normalized spacial score (nSPS) is 16.8. The third kappa shape index (κ3) is 7.01. The molecule has 0 aromatic rings. The largest absolute Gasteiger partial charge is 0.316 e. The van der Waals surface area contributed by atoms with E-state index in [9.17, 15) is 0 Å². The molecule has 0 spiro atoms. The molecule has 2 nitrogen and oxygen atoms in total. The molecule has 3 heteroatoms. The zero-order chi connectivity index (χ0) is 14.0. The quantitative estimate of drug-likeness (QED) is 0.581. The lowest BCUT2D eigenvalue weighted by molar-refractivity contribution is 0.147. The maximum atomic E-state index is 3.59. The molecule has 0 saturated carbocycles. The number of hydrogen-bond donors (Lipinski definition) is 1. The lowest BCUT2D eigenvalue weighted by atomic mass is 9.86. The molecule has 2 atom stereocenters. The molecular weight excluding hydrogens is 240 g/mol. The van der Waals surface area contributed by atoms with E-state index in [2.05, 4.69) is 51.2 Å². The van der Waals surface area contributed by atoms with Crippen LogP contribution in [0, 0.1) is 5.41 Å². The summed E-state index contributed by atoms with van der Waals surface area (Å²) < 4.78 is 0. The summed E-state index contributed by atoms with van der Waals surface area (Å²) in [5, 5.41) is 3.59. The fourth-order valence-corrected chi connectivity index (χ4v) is 3.21. The third-order valence-corrected chi connectivity index (χ3v) is 4.63. The molecule has 0 aliphatic rings. The van der Waals surface area contributed by atoms with Gasteiger partial charge in [0.15, 0.2) is 0 Å². The van der Waals surface area contributed by atoms with Crippen LogP contribution in [-0.4, -0.2) is 49.6 Å². The second-order valence-corrected chi connectivity index (χ2v) is 6.68. The first-order chi connectivity index (χ1) is 8.52. The standard InChI is InChI=1S/C15H34N2S/c1-7-10-16-12-15(4,9-3)13-17(5)14(8-2)11-18-6/h14,16H,7-13H2,1-6H3. The molecule has 0 rings (SSSR count). The molecule has 1 N–H and O–H groups in total. The summed E-state index contributed by atoms with van der Waals surface area (Å²) in [6.45, 7) is 12.7. The topological polar surface area (TPSA) is 15.3 Å². The predicted molar refractivity (Wildman–Crippen MR) is 86.6 cm³/mol. The number of thioether (sulfide) groups is 1. The summed E-state index contributed by atoms with van der Waals surface area (Å²) in [4.78, 5) is 2.56. The van der Waals surface area contributed by atoms with Crippen LogP contribution in [0.15, 0.2) is 0 Å². The van der Waals surface area contributed by atoms with Gasteiger partial charge in [-0.15, -0.1) is 0 Å². The van der Waals surface area contributed by atoms with E-state index in [0.29, 0.717) is 5.41 Å². The van der Waals surface area contributed by atoms with Gasteiger partial charge in [-0.05, 0) is 44.5 Å². The van der Waals surface area contributed by atoms with Crippen LogP contribution in [0.1, 0.15) is 47.0 Å². The van der Waals surface area contributed by atoms with Crippen molar-refractivity contribution in [2.75, 3.05) is 38.7 Å². The van der Waals surface area contributed by atoms with E-state index in [1.165, 1.54) is 31.6 Å². The molecule has 0 saturated heterocycles. The van der Waals surface area contributed by atoms with Crippen molar-refractivity contribution in [3.8, 4) is 0 Å². The SMILES string of the molecule is CCCNCC(C)(CC)CN(C)C(CC)CSC. The van der Waals surface area contributed by atoms with E-state index in [1.54, 1.807) is 0 Å². The average molecular weight is 275 g/mol. The van der Waals surface area contributed by atoms with Crippen molar-refractivity contribution >= 4 is 11.8 Å². The van der Waals surface area contributed by atoms with Gasteiger partial charge in [0.1, 0.15) is 0 Å². The third-order valence-electron chi connectivity index (χ3n) is 3.92.